The number of nitrogens with zero attached hydrogens (tertiary/aromatic N) is 5. The molecule has 0 aliphatic heterocycles. The maximum Gasteiger partial charge on any atom is 0.311 e. The Hall–Kier alpha value is -2.53. The fraction of sp³-hybridized carbons (Fsp3) is 0.267. The van der Waals surface area contributed by atoms with Crippen molar-refractivity contribution in [1.82, 2.24) is 24.5 Å². The molecule has 0 aliphatic carbocycles. The largest absolute Gasteiger partial charge is 0.466 e. The van der Waals surface area contributed by atoms with Gasteiger partial charge in [0.05, 0.1) is 29.4 Å². The van der Waals surface area contributed by atoms with Gasteiger partial charge in [0.1, 0.15) is 6.67 Å². The molecule has 3 rings (SSSR count). The standard InChI is InChI=1S/C15H15BrN6O3S/c1-2-25-13(23)5-11-8-26-15(18-11)19-14(24)12-3-4-21(20-12)9-22-7-10(16)6-17-22/h3-4,6-8H,2,5,9H2,1H3,(H,18,19,24). The molecule has 26 heavy (non-hydrogen) atoms. The minimum Gasteiger partial charge on any atom is -0.466 e. The second kappa shape index (κ2) is 8.23. The summed E-state index contributed by atoms with van der Waals surface area (Å²) in [4.78, 5) is 27.9. The van der Waals surface area contributed by atoms with Crippen LogP contribution < -0.4 is 5.32 Å². The highest BCUT2D eigenvalue weighted by atomic mass is 79.9. The van der Waals surface area contributed by atoms with Gasteiger partial charge in [0, 0.05) is 17.8 Å². The third-order valence-electron chi connectivity index (χ3n) is 3.17. The number of ether oxygens (including phenoxy) is 1. The first kappa shape index (κ1) is 18.3. The number of aromatic nitrogens is 5. The van der Waals surface area contributed by atoms with Gasteiger partial charge in [0.2, 0.25) is 0 Å². The van der Waals surface area contributed by atoms with Crippen LogP contribution in [0.2, 0.25) is 0 Å². The maximum atomic E-state index is 12.3. The van der Waals surface area contributed by atoms with Crippen LogP contribution in [0.5, 0.6) is 0 Å². The zero-order valence-electron chi connectivity index (χ0n) is 13.8. The zero-order valence-corrected chi connectivity index (χ0v) is 16.2. The predicted octanol–water partition coefficient (Wildman–Crippen LogP) is 2.16. The maximum absolute atomic E-state index is 12.3. The molecule has 0 atom stereocenters. The van der Waals surface area contributed by atoms with Crippen LogP contribution >= 0.6 is 27.3 Å². The Balaban J connectivity index is 1.58. The molecule has 1 amide bonds. The number of hydrogen-bond donors (Lipinski definition) is 1. The molecular weight excluding hydrogens is 424 g/mol. The molecule has 1 N–H and O–H groups in total. The number of carbonyl (C=O) groups excluding carboxylic acids is 2. The summed E-state index contributed by atoms with van der Waals surface area (Å²) >= 11 is 4.56. The zero-order chi connectivity index (χ0) is 18.5. The number of esters is 1. The van der Waals surface area contributed by atoms with E-state index in [1.54, 1.807) is 40.1 Å². The summed E-state index contributed by atoms with van der Waals surface area (Å²) in [5, 5.41) is 13.1. The first-order valence-corrected chi connectivity index (χ1v) is 9.33. The van der Waals surface area contributed by atoms with Crippen LogP contribution in [-0.4, -0.2) is 43.0 Å². The number of nitrogens with one attached hydrogen (secondary N) is 1. The molecule has 3 aromatic heterocycles. The van der Waals surface area contributed by atoms with Gasteiger partial charge < -0.3 is 4.74 Å². The topological polar surface area (TPSA) is 104 Å². The molecule has 0 spiro atoms. The third kappa shape index (κ3) is 4.76. The highest BCUT2D eigenvalue weighted by Crippen LogP contribution is 2.17. The number of thiazole rings is 1. The van der Waals surface area contributed by atoms with Gasteiger partial charge in [-0.25, -0.2) is 9.67 Å². The van der Waals surface area contributed by atoms with Crippen LogP contribution in [-0.2, 0) is 22.6 Å². The molecule has 9 nitrogen and oxygen atoms in total. The molecule has 0 unspecified atom stereocenters. The molecule has 0 aliphatic rings. The van der Waals surface area contributed by atoms with E-state index in [-0.39, 0.29) is 24.0 Å². The Morgan fingerprint density at radius 3 is 2.96 bits per heavy atom. The SMILES string of the molecule is CCOC(=O)Cc1csc(NC(=O)c2ccn(Cn3cc(Br)cn3)n2)n1. The van der Waals surface area contributed by atoms with Crippen LogP contribution in [0.4, 0.5) is 5.13 Å². The second-order valence-corrected chi connectivity index (χ2v) is 6.93. The molecule has 0 saturated heterocycles. The fourth-order valence-electron chi connectivity index (χ4n) is 2.09. The number of halogens is 1. The van der Waals surface area contributed by atoms with Crippen LogP contribution in [0.25, 0.3) is 0 Å². The van der Waals surface area contributed by atoms with Crippen molar-refractivity contribution >= 4 is 44.3 Å². The van der Waals surface area contributed by atoms with Crippen molar-refractivity contribution in [1.29, 1.82) is 0 Å². The summed E-state index contributed by atoms with van der Waals surface area (Å²) in [5.74, 6) is -0.720. The van der Waals surface area contributed by atoms with E-state index in [4.69, 9.17) is 4.74 Å². The summed E-state index contributed by atoms with van der Waals surface area (Å²) in [6.45, 7) is 2.46. The lowest BCUT2D eigenvalue weighted by molar-refractivity contribution is -0.142. The Labute approximate surface area is 161 Å². The average molecular weight is 439 g/mol. The average Bonchev–Trinajstić information content (AvgIpc) is 3.31. The summed E-state index contributed by atoms with van der Waals surface area (Å²) in [5.41, 5.74) is 0.817. The van der Waals surface area contributed by atoms with E-state index in [9.17, 15) is 9.59 Å². The molecule has 11 heteroatoms. The van der Waals surface area contributed by atoms with Crippen LogP contribution in [0.15, 0.2) is 34.5 Å². The quantitative estimate of drug-likeness (QED) is 0.566. The molecule has 3 heterocycles. The van der Waals surface area contributed by atoms with Gasteiger partial charge >= 0.3 is 5.97 Å². The molecule has 0 saturated carbocycles. The number of hydrogen-bond acceptors (Lipinski definition) is 7. The van der Waals surface area contributed by atoms with Crippen molar-refractivity contribution < 1.29 is 14.3 Å². The fourth-order valence-corrected chi connectivity index (χ4v) is 3.13. The van der Waals surface area contributed by atoms with Gasteiger partial charge in [-0.15, -0.1) is 11.3 Å². The highest BCUT2D eigenvalue weighted by Gasteiger charge is 2.14. The van der Waals surface area contributed by atoms with Crippen LogP contribution in [0.3, 0.4) is 0 Å². The van der Waals surface area contributed by atoms with E-state index in [0.717, 1.165) is 4.47 Å². The normalized spacial score (nSPS) is 10.7. The number of rotatable bonds is 7. The van der Waals surface area contributed by atoms with E-state index < -0.39 is 0 Å². The van der Waals surface area contributed by atoms with E-state index in [0.29, 0.717) is 24.1 Å². The van der Waals surface area contributed by atoms with Gasteiger partial charge in [-0.1, -0.05) is 0 Å². The molecule has 0 fully saturated rings. The van der Waals surface area contributed by atoms with Crippen molar-refractivity contribution in [3.63, 3.8) is 0 Å². The van der Waals surface area contributed by atoms with Crippen molar-refractivity contribution in [2.75, 3.05) is 11.9 Å². The number of carbonyl (C=O) groups is 2. The molecule has 136 valence electrons. The Bertz CT molecular complexity index is 918. The summed E-state index contributed by atoms with van der Waals surface area (Å²) < 4.78 is 9.02. The Morgan fingerprint density at radius 1 is 1.38 bits per heavy atom. The minimum absolute atomic E-state index is 0.0776. The van der Waals surface area contributed by atoms with Crippen molar-refractivity contribution in [3.8, 4) is 0 Å². The van der Waals surface area contributed by atoms with E-state index in [1.165, 1.54) is 11.3 Å². The summed E-state index contributed by atoms with van der Waals surface area (Å²) in [7, 11) is 0. The van der Waals surface area contributed by atoms with Gasteiger partial charge in [-0.05, 0) is 28.9 Å². The minimum atomic E-state index is -0.373. The van der Waals surface area contributed by atoms with E-state index in [2.05, 4.69) is 36.4 Å². The lowest BCUT2D eigenvalue weighted by Gasteiger charge is -2.01. The van der Waals surface area contributed by atoms with Gasteiger partial charge in [-0.3, -0.25) is 19.6 Å². The summed E-state index contributed by atoms with van der Waals surface area (Å²) in [6, 6.07) is 1.61. The van der Waals surface area contributed by atoms with Gasteiger partial charge in [0.15, 0.2) is 10.8 Å². The lowest BCUT2D eigenvalue weighted by Crippen LogP contribution is -2.15. The smallest absolute Gasteiger partial charge is 0.311 e. The Morgan fingerprint density at radius 2 is 2.23 bits per heavy atom. The van der Waals surface area contributed by atoms with Crippen molar-refractivity contribution in [3.05, 3.63) is 45.9 Å². The number of amides is 1. The van der Waals surface area contributed by atoms with Crippen molar-refractivity contribution in [2.24, 2.45) is 0 Å². The molecular formula is C15H15BrN6O3S. The third-order valence-corrected chi connectivity index (χ3v) is 4.38. The predicted molar refractivity (Wildman–Crippen MR) is 98.0 cm³/mol. The Kier molecular flexibility index (Phi) is 5.78. The second-order valence-electron chi connectivity index (χ2n) is 5.16. The lowest BCUT2D eigenvalue weighted by atomic mass is 10.3. The highest BCUT2D eigenvalue weighted by molar-refractivity contribution is 9.10. The van der Waals surface area contributed by atoms with Gasteiger partial charge in [-0.2, -0.15) is 10.2 Å². The van der Waals surface area contributed by atoms with Crippen LogP contribution in [0.1, 0.15) is 23.1 Å². The van der Waals surface area contributed by atoms with Crippen molar-refractivity contribution in [2.45, 2.75) is 20.0 Å². The van der Waals surface area contributed by atoms with Crippen LogP contribution in [0, 0.1) is 0 Å². The van der Waals surface area contributed by atoms with E-state index >= 15 is 0 Å². The molecule has 3 aromatic rings. The molecule has 0 aromatic carbocycles. The summed E-state index contributed by atoms with van der Waals surface area (Å²) in [6.07, 6.45) is 5.25. The monoisotopic (exact) mass is 438 g/mol. The molecule has 0 bridgehead atoms. The number of anilines is 1. The first-order valence-electron chi connectivity index (χ1n) is 7.66. The van der Waals surface area contributed by atoms with Gasteiger partial charge in [0.25, 0.3) is 5.91 Å². The first-order chi connectivity index (χ1) is 12.5. The molecule has 0 radical (unpaired) electrons. The van der Waals surface area contributed by atoms with E-state index in [1.807, 2.05) is 6.20 Å².